The molecule has 1 fully saturated rings. The third-order valence-electron chi connectivity index (χ3n) is 6.24. The molecule has 2 aliphatic rings. The smallest absolute Gasteiger partial charge is 0.302 e. The van der Waals surface area contributed by atoms with Gasteiger partial charge in [0.15, 0.2) is 0 Å². The van der Waals surface area contributed by atoms with Crippen molar-refractivity contribution in [2.75, 3.05) is 13.2 Å². The summed E-state index contributed by atoms with van der Waals surface area (Å²) >= 11 is 0. The highest BCUT2D eigenvalue weighted by Gasteiger charge is 2.53. The summed E-state index contributed by atoms with van der Waals surface area (Å²) < 4.78 is 11.8. The largest absolute Gasteiger partial charge is 0.465 e. The van der Waals surface area contributed by atoms with Crippen LogP contribution in [0.2, 0.25) is 0 Å². The van der Waals surface area contributed by atoms with Crippen LogP contribution < -0.4 is 0 Å². The van der Waals surface area contributed by atoms with E-state index in [0.29, 0.717) is 37.1 Å². The molecule has 1 aliphatic heterocycles. The fraction of sp³-hybridized carbons (Fsp3) is 0.850. The Morgan fingerprint density at radius 1 is 1.35 bits per heavy atom. The maximum atomic E-state index is 11.3. The first-order valence-corrected chi connectivity index (χ1v) is 9.35. The summed E-state index contributed by atoms with van der Waals surface area (Å²) in [6.45, 7) is 11.8. The maximum Gasteiger partial charge on any atom is 0.302 e. The molecule has 0 aromatic rings. The Morgan fingerprint density at radius 3 is 2.74 bits per heavy atom. The first-order valence-electron chi connectivity index (χ1n) is 9.35. The van der Waals surface area contributed by atoms with Gasteiger partial charge in [-0.2, -0.15) is 0 Å². The number of allylic oxidation sites excluding steroid dienone is 1. The molecular weight excluding hydrogens is 288 g/mol. The van der Waals surface area contributed by atoms with Crippen molar-refractivity contribution in [1.29, 1.82) is 0 Å². The van der Waals surface area contributed by atoms with E-state index >= 15 is 0 Å². The van der Waals surface area contributed by atoms with Crippen molar-refractivity contribution >= 4 is 5.97 Å². The van der Waals surface area contributed by atoms with E-state index in [4.69, 9.17) is 9.47 Å². The average molecular weight is 322 g/mol. The number of rotatable bonds is 7. The highest BCUT2D eigenvalue weighted by atomic mass is 16.5. The van der Waals surface area contributed by atoms with Crippen molar-refractivity contribution in [3.8, 4) is 0 Å². The van der Waals surface area contributed by atoms with E-state index in [-0.39, 0.29) is 11.4 Å². The van der Waals surface area contributed by atoms with Crippen LogP contribution in [0.4, 0.5) is 0 Å². The Bertz CT molecular complexity index is 442. The van der Waals surface area contributed by atoms with Gasteiger partial charge in [-0.25, -0.2) is 0 Å². The molecule has 0 amide bonds. The second kappa shape index (κ2) is 7.83. The first kappa shape index (κ1) is 18.5. The molecule has 5 atom stereocenters. The van der Waals surface area contributed by atoms with E-state index in [1.165, 1.54) is 38.2 Å². The molecule has 0 aromatic carbocycles. The molecule has 3 unspecified atom stereocenters. The van der Waals surface area contributed by atoms with Crippen LogP contribution in [0.15, 0.2) is 11.6 Å². The predicted octanol–water partition coefficient (Wildman–Crippen LogP) is 4.75. The molecule has 2 rings (SSSR count). The molecule has 132 valence electrons. The van der Waals surface area contributed by atoms with Crippen LogP contribution in [0.25, 0.3) is 0 Å². The average Bonchev–Trinajstić information content (AvgIpc) is 2.49. The number of hydrogen-bond donors (Lipinski definition) is 0. The van der Waals surface area contributed by atoms with Gasteiger partial charge in [0.05, 0.1) is 19.3 Å². The number of unbranched alkanes of at least 4 members (excludes halogenated alkanes) is 3. The molecule has 1 saturated heterocycles. The minimum atomic E-state index is -0.191. The summed E-state index contributed by atoms with van der Waals surface area (Å²) in [4.78, 5) is 11.3. The Balaban J connectivity index is 2.11. The number of ether oxygens (including phenoxy) is 2. The number of hydrogen-bond acceptors (Lipinski definition) is 3. The minimum Gasteiger partial charge on any atom is -0.465 e. The van der Waals surface area contributed by atoms with Gasteiger partial charge in [-0.3, -0.25) is 4.79 Å². The van der Waals surface area contributed by atoms with Gasteiger partial charge in [0.25, 0.3) is 0 Å². The Labute approximate surface area is 141 Å². The zero-order valence-electron chi connectivity index (χ0n) is 15.6. The van der Waals surface area contributed by atoms with Crippen molar-refractivity contribution < 1.29 is 14.3 Å². The zero-order valence-corrected chi connectivity index (χ0v) is 15.6. The summed E-state index contributed by atoms with van der Waals surface area (Å²) in [5.74, 6) is 1.15. The summed E-state index contributed by atoms with van der Waals surface area (Å²) in [5.41, 5.74) is 1.40. The number of fused-ring (bicyclic) bond motifs is 2. The zero-order chi connectivity index (χ0) is 17.0. The molecule has 0 aromatic heterocycles. The van der Waals surface area contributed by atoms with E-state index in [1.807, 2.05) is 0 Å². The molecule has 1 aliphatic carbocycles. The molecule has 0 N–H and O–H groups in total. The standard InChI is InChI=1S/C20H34O3/c1-6-7-8-9-10-18-19-14(2)11-15(3)20(13-23-18,16(19)4)12-22-17(5)21/h11,15-16,18-19H,6-10,12-13H2,1-5H3/t15?,16?,18?,19-,20+/m0/s1. The fourth-order valence-corrected chi connectivity index (χ4v) is 4.66. The molecule has 23 heavy (non-hydrogen) atoms. The van der Waals surface area contributed by atoms with Crippen molar-refractivity contribution in [3.63, 3.8) is 0 Å². The molecule has 0 saturated carbocycles. The SMILES string of the molecule is CCCCCCC1OC[C@]2(COC(C)=O)C(C)C=C(C)[C@H]1C2C. The Hall–Kier alpha value is -0.830. The van der Waals surface area contributed by atoms with E-state index in [2.05, 4.69) is 33.8 Å². The monoisotopic (exact) mass is 322 g/mol. The molecule has 0 radical (unpaired) electrons. The van der Waals surface area contributed by atoms with Gasteiger partial charge in [0.2, 0.25) is 0 Å². The molecule has 3 nitrogen and oxygen atoms in total. The minimum absolute atomic E-state index is 0.0598. The highest BCUT2D eigenvalue weighted by Crippen LogP contribution is 2.53. The van der Waals surface area contributed by atoms with Crippen LogP contribution in [0, 0.1) is 23.2 Å². The Kier molecular flexibility index (Phi) is 6.30. The van der Waals surface area contributed by atoms with Crippen molar-refractivity contribution in [3.05, 3.63) is 11.6 Å². The van der Waals surface area contributed by atoms with Crippen LogP contribution in [-0.4, -0.2) is 25.3 Å². The second-order valence-electron chi connectivity index (χ2n) is 7.73. The lowest BCUT2D eigenvalue weighted by molar-refractivity contribution is -0.180. The normalized spacial score (nSPS) is 36.5. The summed E-state index contributed by atoms with van der Waals surface area (Å²) in [6.07, 6.45) is 9.02. The summed E-state index contributed by atoms with van der Waals surface area (Å²) in [6, 6.07) is 0. The van der Waals surface area contributed by atoms with Crippen molar-refractivity contribution in [2.45, 2.75) is 72.8 Å². The lowest BCUT2D eigenvalue weighted by Gasteiger charge is -2.55. The van der Waals surface area contributed by atoms with Crippen LogP contribution in [0.5, 0.6) is 0 Å². The summed E-state index contributed by atoms with van der Waals surface area (Å²) in [5, 5.41) is 0. The van der Waals surface area contributed by atoms with Gasteiger partial charge < -0.3 is 9.47 Å². The van der Waals surface area contributed by atoms with Crippen LogP contribution >= 0.6 is 0 Å². The molecule has 2 bridgehead atoms. The fourth-order valence-electron chi connectivity index (χ4n) is 4.66. The van der Waals surface area contributed by atoms with Crippen LogP contribution in [0.1, 0.15) is 66.7 Å². The molecular formula is C20H34O3. The van der Waals surface area contributed by atoms with Crippen LogP contribution in [0.3, 0.4) is 0 Å². The maximum absolute atomic E-state index is 11.3. The summed E-state index contributed by atoms with van der Waals surface area (Å²) in [7, 11) is 0. The second-order valence-corrected chi connectivity index (χ2v) is 7.73. The van der Waals surface area contributed by atoms with E-state index in [9.17, 15) is 4.79 Å². The van der Waals surface area contributed by atoms with Crippen molar-refractivity contribution in [2.24, 2.45) is 23.2 Å². The van der Waals surface area contributed by atoms with Gasteiger partial charge in [-0.1, -0.05) is 58.1 Å². The Morgan fingerprint density at radius 2 is 2.09 bits per heavy atom. The molecule has 3 heteroatoms. The van der Waals surface area contributed by atoms with Gasteiger partial charge in [0, 0.05) is 18.3 Å². The third kappa shape index (κ3) is 3.81. The predicted molar refractivity (Wildman–Crippen MR) is 93.1 cm³/mol. The molecule has 1 heterocycles. The number of carbonyl (C=O) groups excluding carboxylic acids is 1. The molecule has 0 spiro atoms. The topological polar surface area (TPSA) is 35.5 Å². The lowest BCUT2D eigenvalue weighted by Crippen LogP contribution is -2.56. The van der Waals surface area contributed by atoms with Crippen LogP contribution in [-0.2, 0) is 14.3 Å². The van der Waals surface area contributed by atoms with E-state index in [1.54, 1.807) is 0 Å². The first-order chi connectivity index (χ1) is 10.9. The van der Waals surface area contributed by atoms with E-state index < -0.39 is 0 Å². The van der Waals surface area contributed by atoms with Gasteiger partial charge in [0.1, 0.15) is 0 Å². The van der Waals surface area contributed by atoms with E-state index in [0.717, 1.165) is 6.42 Å². The van der Waals surface area contributed by atoms with Gasteiger partial charge in [-0.15, -0.1) is 0 Å². The highest BCUT2D eigenvalue weighted by molar-refractivity contribution is 5.65. The van der Waals surface area contributed by atoms with Crippen molar-refractivity contribution in [1.82, 2.24) is 0 Å². The third-order valence-corrected chi connectivity index (χ3v) is 6.24. The number of esters is 1. The lowest BCUT2D eigenvalue weighted by atomic mass is 9.56. The van der Waals surface area contributed by atoms with Gasteiger partial charge >= 0.3 is 5.97 Å². The van der Waals surface area contributed by atoms with Gasteiger partial charge in [-0.05, 0) is 25.2 Å². The number of carbonyl (C=O) groups is 1. The quantitative estimate of drug-likeness (QED) is 0.385.